The summed E-state index contributed by atoms with van der Waals surface area (Å²) in [6, 6.07) is 10.7. The van der Waals surface area contributed by atoms with Crippen molar-refractivity contribution in [1.29, 1.82) is 0 Å². The Morgan fingerprint density at radius 3 is 2.60 bits per heavy atom. The molecule has 0 bridgehead atoms. The van der Waals surface area contributed by atoms with Gasteiger partial charge in [-0.2, -0.15) is 18.3 Å². The second-order valence-electron chi connectivity index (χ2n) is 9.91. The van der Waals surface area contributed by atoms with Crippen molar-refractivity contribution in [2.75, 3.05) is 48.8 Å². The maximum Gasteiger partial charge on any atom is 0.418 e. The molecule has 12 heteroatoms. The second-order valence-corrected chi connectivity index (χ2v) is 9.91. The molecule has 1 fully saturated rings. The van der Waals surface area contributed by atoms with Crippen LogP contribution in [-0.2, 0) is 12.7 Å². The van der Waals surface area contributed by atoms with Crippen LogP contribution < -0.4 is 15.5 Å². The molecule has 9 nitrogen and oxygen atoms in total. The van der Waals surface area contributed by atoms with Gasteiger partial charge < -0.3 is 20.4 Å². The topological polar surface area (TPSA) is 91.2 Å². The number of amides is 1. The minimum absolute atomic E-state index is 0.0585. The van der Waals surface area contributed by atoms with Crippen molar-refractivity contribution in [3.63, 3.8) is 0 Å². The van der Waals surface area contributed by atoms with Gasteiger partial charge in [0.1, 0.15) is 11.3 Å². The first-order valence-electron chi connectivity index (χ1n) is 13.1. The van der Waals surface area contributed by atoms with Crippen molar-refractivity contribution in [2.45, 2.75) is 32.6 Å². The van der Waals surface area contributed by atoms with Crippen LogP contribution in [0, 0.1) is 0 Å². The highest BCUT2D eigenvalue weighted by atomic mass is 19.4. The third kappa shape index (κ3) is 6.01. The number of fused-ring (bicyclic) bond motifs is 1. The first-order valence-corrected chi connectivity index (χ1v) is 13.1. The minimum Gasteiger partial charge on any atom is -0.368 e. The van der Waals surface area contributed by atoms with Gasteiger partial charge in [-0.05, 0) is 56.8 Å². The van der Waals surface area contributed by atoms with Gasteiger partial charge in [0, 0.05) is 49.7 Å². The number of alkyl halides is 3. The van der Waals surface area contributed by atoms with Gasteiger partial charge in [0.15, 0.2) is 0 Å². The second kappa shape index (κ2) is 11.1. The molecule has 1 saturated heterocycles. The van der Waals surface area contributed by atoms with Gasteiger partial charge in [0.05, 0.1) is 24.0 Å². The molecular formula is C28H31F3N8O. The Labute approximate surface area is 230 Å². The maximum absolute atomic E-state index is 14.0. The average molecular weight is 553 g/mol. The Kier molecular flexibility index (Phi) is 7.61. The molecule has 0 saturated carbocycles. The fourth-order valence-electron chi connectivity index (χ4n) is 4.70. The van der Waals surface area contributed by atoms with Crippen LogP contribution in [0.1, 0.15) is 41.4 Å². The van der Waals surface area contributed by atoms with Gasteiger partial charge in [-0.1, -0.05) is 12.1 Å². The highest BCUT2D eigenvalue weighted by Crippen LogP contribution is 2.38. The number of nitrogens with one attached hydrogen (secondary N) is 2. The Bertz CT molecular complexity index is 1510. The zero-order valence-electron chi connectivity index (χ0n) is 22.5. The fraction of sp³-hybridized carbons (Fsp3) is 0.357. The van der Waals surface area contributed by atoms with Crippen LogP contribution in [-0.4, -0.2) is 63.8 Å². The summed E-state index contributed by atoms with van der Waals surface area (Å²) < 4.78 is 43.7. The third-order valence-corrected chi connectivity index (χ3v) is 7.02. The smallest absolute Gasteiger partial charge is 0.368 e. The molecule has 2 aromatic carbocycles. The van der Waals surface area contributed by atoms with Gasteiger partial charge in [-0.15, -0.1) is 0 Å². The molecule has 4 aromatic rings. The zero-order chi connectivity index (χ0) is 28.4. The third-order valence-electron chi connectivity index (χ3n) is 7.02. The van der Waals surface area contributed by atoms with Crippen molar-refractivity contribution in [2.24, 2.45) is 0 Å². The van der Waals surface area contributed by atoms with Crippen molar-refractivity contribution >= 4 is 34.3 Å². The largest absolute Gasteiger partial charge is 0.418 e. The first kappa shape index (κ1) is 27.4. The van der Waals surface area contributed by atoms with E-state index in [0.717, 1.165) is 11.6 Å². The van der Waals surface area contributed by atoms with Crippen molar-refractivity contribution in [3.05, 3.63) is 71.5 Å². The highest BCUT2D eigenvalue weighted by Gasteiger charge is 2.36. The molecule has 1 aliphatic rings. The van der Waals surface area contributed by atoms with Gasteiger partial charge in [0.25, 0.3) is 5.91 Å². The van der Waals surface area contributed by atoms with E-state index in [1.165, 1.54) is 12.1 Å². The van der Waals surface area contributed by atoms with Crippen molar-refractivity contribution in [1.82, 2.24) is 24.6 Å². The molecule has 5 rings (SSSR count). The monoisotopic (exact) mass is 552 g/mol. The van der Waals surface area contributed by atoms with Crippen LogP contribution in [0.2, 0.25) is 0 Å². The lowest BCUT2D eigenvalue weighted by molar-refractivity contribution is -0.137. The lowest BCUT2D eigenvalue weighted by Crippen LogP contribution is -2.45. The molecule has 2 aromatic heterocycles. The number of hydrogen-bond donors (Lipinski definition) is 2. The molecule has 210 valence electrons. The number of piperazine rings is 1. The van der Waals surface area contributed by atoms with E-state index in [0.29, 0.717) is 55.4 Å². The average Bonchev–Trinajstić information content (AvgIpc) is 3.35. The minimum atomic E-state index is -4.59. The number of benzene rings is 2. The Morgan fingerprint density at radius 2 is 1.88 bits per heavy atom. The Hall–Kier alpha value is -4.19. The highest BCUT2D eigenvalue weighted by molar-refractivity contribution is 6.04. The van der Waals surface area contributed by atoms with E-state index < -0.39 is 17.6 Å². The number of aromatic nitrogens is 4. The van der Waals surface area contributed by atoms with E-state index in [-0.39, 0.29) is 17.3 Å². The summed E-state index contributed by atoms with van der Waals surface area (Å²) >= 11 is 0. The number of carbonyl (C=O) groups is 1. The fourth-order valence-corrected chi connectivity index (χ4v) is 4.70. The van der Waals surface area contributed by atoms with Crippen LogP contribution >= 0.6 is 0 Å². The zero-order valence-corrected chi connectivity index (χ0v) is 22.5. The SMILES string of the molecule is CCn1cc2ncc(N[C@@H](C)c3cccc(NC(=O)c4ccc(N5CCN(C)CC5)c(C(F)(F)F)c4)c3)nc2n1. The number of halogens is 3. The molecule has 1 atom stereocenters. The first-order chi connectivity index (χ1) is 19.1. The number of aryl methyl sites for hydroxylation is 1. The summed E-state index contributed by atoms with van der Waals surface area (Å²) in [4.78, 5) is 25.7. The van der Waals surface area contributed by atoms with E-state index in [2.05, 4.69) is 30.6 Å². The lowest BCUT2D eigenvalue weighted by atomic mass is 10.0. The predicted octanol–water partition coefficient (Wildman–Crippen LogP) is 5.04. The van der Waals surface area contributed by atoms with Crippen molar-refractivity contribution in [3.8, 4) is 0 Å². The predicted molar refractivity (Wildman–Crippen MR) is 149 cm³/mol. The van der Waals surface area contributed by atoms with Crippen molar-refractivity contribution < 1.29 is 18.0 Å². The van der Waals surface area contributed by atoms with Crippen LogP contribution in [0.25, 0.3) is 11.2 Å². The summed E-state index contributed by atoms with van der Waals surface area (Å²) in [6.07, 6.45) is -1.12. The van der Waals surface area contributed by atoms with Gasteiger partial charge in [-0.3, -0.25) is 9.48 Å². The molecule has 0 unspecified atom stereocenters. The molecule has 2 N–H and O–H groups in total. The molecule has 0 spiro atoms. The molecule has 40 heavy (non-hydrogen) atoms. The Balaban J connectivity index is 1.30. The summed E-state index contributed by atoms with van der Waals surface area (Å²) in [5, 5.41) is 10.4. The molecule has 0 aliphatic carbocycles. The number of carbonyl (C=O) groups excluding carboxylic acids is 1. The number of likely N-dealkylation sites (N-methyl/N-ethyl adjacent to an activating group) is 1. The van der Waals surface area contributed by atoms with E-state index >= 15 is 0 Å². The molecule has 1 aliphatic heterocycles. The van der Waals surface area contributed by atoms with Crippen LogP contribution in [0.5, 0.6) is 0 Å². The van der Waals surface area contributed by atoms with E-state index in [1.54, 1.807) is 34.0 Å². The lowest BCUT2D eigenvalue weighted by Gasteiger charge is -2.35. The van der Waals surface area contributed by atoms with Gasteiger partial charge >= 0.3 is 6.18 Å². The summed E-state index contributed by atoms with van der Waals surface area (Å²) in [5.41, 5.74) is 1.79. The van der Waals surface area contributed by atoms with Crippen LogP contribution in [0.4, 0.5) is 30.4 Å². The summed E-state index contributed by atoms with van der Waals surface area (Å²) in [6.45, 7) is 6.97. The van der Waals surface area contributed by atoms with Gasteiger partial charge in [0.2, 0.25) is 5.65 Å². The maximum atomic E-state index is 14.0. The summed E-state index contributed by atoms with van der Waals surface area (Å²) in [5.74, 6) is -0.0630. The van der Waals surface area contributed by atoms with E-state index in [4.69, 9.17) is 0 Å². The number of rotatable bonds is 7. The Morgan fingerprint density at radius 1 is 1.10 bits per heavy atom. The quantitative estimate of drug-likeness (QED) is 0.332. The van der Waals surface area contributed by atoms with E-state index in [1.807, 2.05) is 33.2 Å². The van der Waals surface area contributed by atoms with E-state index in [9.17, 15) is 18.0 Å². The van der Waals surface area contributed by atoms with Crippen LogP contribution in [0.3, 0.4) is 0 Å². The van der Waals surface area contributed by atoms with Gasteiger partial charge in [-0.25, -0.2) is 9.97 Å². The summed E-state index contributed by atoms with van der Waals surface area (Å²) in [7, 11) is 1.94. The molecular weight excluding hydrogens is 521 g/mol. The number of hydrogen-bond acceptors (Lipinski definition) is 7. The normalized spacial score (nSPS) is 15.3. The van der Waals surface area contributed by atoms with Crippen LogP contribution in [0.15, 0.2) is 54.9 Å². The molecule has 0 radical (unpaired) electrons. The standard InChI is InChI=1S/C28H31F3N8O/c1-4-39-17-23-26(36-39)35-25(16-32-23)33-18(2)19-6-5-7-21(14-19)34-27(40)20-8-9-24(22(15-20)28(29,30)31)38-12-10-37(3)11-13-38/h5-9,14-18H,4,10-13H2,1-3H3,(H,34,40)(H,33,35,36)/t18-/m0/s1. The molecule has 3 heterocycles. The number of nitrogens with zero attached hydrogens (tertiary/aromatic N) is 6. The number of anilines is 3. The molecule has 1 amide bonds.